The first kappa shape index (κ1) is 13.2. The maximum Gasteiger partial charge on any atom is 0.236 e. The Hall–Kier alpha value is -1.23. The van der Waals surface area contributed by atoms with Crippen molar-refractivity contribution in [2.75, 3.05) is 28.5 Å². The molecule has 2 rings (SSSR count). The van der Waals surface area contributed by atoms with Crippen molar-refractivity contribution in [3.8, 4) is 0 Å². The van der Waals surface area contributed by atoms with Crippen LogP contribution in [0.5, 0.6) is 0 Å². The fourth-order valence-corrected chi connectivity index (χ4v) is 3.47. The van der Waals surface area contributed by atoms with Crippen molar-refractivity contribution in [3.63, 3.8) is 0 Å². The van der Waals surface area contributed by atoms with Gasteiger partial charge in [-0.25, -0.2) is 8.42 Å². The minimum Gasteiger partial charge on any atom is -0.382 e. The van der Waals surface area contributed by atoms with E-state index in [0.717, 1.165) is 17.8 Å². The van der Waals surface area contributed by atoms with Gasteiger partial charge in [0.1, 0.15) is 0 Å². The molecule has 0 unspecified atom stereocenters. The standard InChI is InChI=1S/C13H20N2O2S/c1-11(2)7-9-15-13-6-4-3-5-12(13)14-8-10-18(15,16)17/h3-6,11,14H,7-10H2,1-2H3. The fraction of sp³-hybridized carbons (Fsp3) is 0.538. The van der Waals surface area contributed by atoms with E-state index < -0.39 is 10.0 Å². The smallest absolute Gasteiger partial charge is 0.236 e. The van der Waals surface area contributed by atoms with Gasteiger partial charge >= 0.3 is 0 Å². The topological polar surface area (TPSA) is 49.4 Å². The number of rotatable bonds is 3. The van der Waals surface area contributed by atoms with E-state index in [-0.39, 0.29) is 5.75 Å². The average molecular weight is 268 g/mol. The lowest BCUT2D eigenvalue weighted by atomic mass is 10.1. The van der Waals surface area contributed by atoms with E-state index in [1.54, 1.807) is 4.31 Å². The molecule has 0 aliphatic carbocycles. The molecule has 1 aliphatic heterocycles. The van der Waals surface area contributed by atoms with Gasteiger partial charge in [-0.1, -0.05) is 26.0 Å². The summed E-state index contributed by atoms with van der Waals surface area (Å²) >= 11 is 0. The summed E-state index contributed by atoms with van der Waals surface area (Å²) in [6.07, 6.45) is 0.869. The Morgan fingerprint density at radius 1 is 1.33 bits per heavy atom. The number of para-hydroxylation sites is 2. The number of sulfonamides is 1. The zero-order valence-corrected chi connectivity index (χ0v) is 11.7. The van der Waals surface area contributed by atoms with Gasteiger partial charge < -0.3 is 5.32 Å². The minimum atomic E-state index is -3.20. The van der Waals surface area contributed by atoms with Crippen molar-refractivity contribution in [1.29, 1.82) is 0 Å². The molecule has 18 heavy (non-hydrogen) atoms. The van der Waals surface area contributed by atoms with Crippen LogP contribution in [-0.4, -0.2) is 27.3 Å². The molecule has 4 nitrogen and oxygen atoms in total. The summed E-state index contributed by atoms with van der Waals surface area (Å²) in [5, 5.41) is 3.18. The zero-order chi connectivity index (χ0) is 13.2. The highest BCUT2D eigenvalue weighted by Gasteiger charge is 2.26. The van der Waals surface area contributed by atoms with Gasteiger partial charge in [-0.05, 0) is 24.5 Å². The third kappa shape index (κ3) is 2.77. The quantitative estimate of drug-likeness (QED) is 0.915. The van der Waals surface area contributed by atoms with Gasteiger partial charge in [0.2, 0.25) is 10.0 Å². The molecule has 1 aliphatic rings. The first-order valence-electron chi connectivity index (χ1n) is 6.34. The van der Waals surface area contributed by atoms with Gasteiger partial charge in [-0.2, -0.15) is 0 Å². The maximum absolute atomic E-state index is 12.3. The summed E-state index contributed by atoms with van der Waals surface area (Å²) in [5.41, 5.74) is 1.68. The van der Waals surface area contributed by atoms with Crippen molar-refractivity contribution in [2.45, 2.75) is 20.3 Å². The van der Waals surface area contributed by atoms with E-state index in [1.807, 2.05) is 24.3 Å². The Bertz CT molecular complexity index is 511. The van der Waals surface area contributed by atoms with Crippen LogP contribution in [0.3, 0.4) is 0 Å². The SMILES string of the molecule is CC(C)CCN1c2ccccc2NCCS1(=O)=O. The molecular formula is C13H20N2O2S. The summed E-state index contributed by atoms with van der Waals surface area (Å²) in [6.45, 7) is 5.24. The third-order valence-electron chi connectivity index (χ3n) is 3.09. The van der Waals surface area contributed by atoms with E-state index >= 15 is 0 Å². The lowest BCUT2D eigenvalue weighted by Gasteiger charge is -2.24. The van der Waals surface area contributed by atoms with Gasteiger partial charge in [-0.3, -0.25) is 4.31 Å². The maximum atomic E-state index is 12.3. The van der Waals surface area contributed by atoms with Crippen LogP contribution in [0.15, 0.2) is 24.3 Å². The number of nitrogens with one attached hydrogen (secondary N) is 1. The molecule has 1 N–H and O–H groups in total. The van der Waals surface area contributed by atoms with Crippen LogP contribution >= 0.6 is 0 Å². The summed E-state index contributed by atoms with van der Waals surface area (Å²) in [5.74, 6) is 0.642. The van der Waals surface area contributed by atoms with Crippen LogP contribution in [0.4, 0.5) is 11.4 Å². The summed E-state index contributed by atoms with van der Waals surface area (Å²) in [4.78, 5) is 0. The Morgan fingerprint density at radius 3 is 2.78 bits per heavy atom. The van der Waals surface area contributed by atoms with Crippen molar-refractivity contribution in [1.82, 2.24) is 0 Å². The first-order valence-corrected chi connectivity index (χ1v) is 7.95. The monoisotopic (exact) mass is 268 g/mol. The van der Waals surface area contributed by atoms with Crippen LogP contribution in [-0.2, 0) is 10.0 Å². The molecule has 0 amide bonds. The lowest BCUT2D eigenvalue weighted by molar-refractivity contribution is 0.570. The van der Waals surface area contributed by atoms with Gasteiger partial charge in [0.25, 0.3) is 0 Å². The minimum absolute atomic E-state index is 0.153. The van der Waals surface area contributed by atoms with Crippen LogP contribution in [0.2, 0.25) is 0 Å². The van der Waals surface area contributed by atoms with Crippen LogP contribution in [0, 0.1) is 5.92 Å². The zero-order valence-electron chi connectivity index (χ0n) is 10.9. The predicted molar refractivity (Wildman–Crippen MR) is 75.5 cm³/mol. The summed E-state index contributed by atoms with van der Waals surface area (Å²) < 4.78 is 26.1. The number of nitrogens with zero attached hydrogens (tertiary/aromatic N) is 1. The highest BCUT2D eigenvalue weighted by Crippen LogP contribution is 2.30. The van der Waals surface area contributed by atoms with E-state index in [1.165, 1.54) is 0 Å². The van der Waals surface area contributed by atoms with E-state index in [9.17, 15) is 8.42 Å². The van der Waals surface area contributed by atoms with Gasteiger partial charge in [0, 0.05) is 13.1 Å². The normalized spacial score (nSPS) is 18.1. The molecule has 0 saturated carbocycles. The van der Waals surface area contributed by atoms with Crippen LogP contribution in [0.1, 0.15) is 20.3 Å². The highest BCUT2D eigenvalue weighted by atomic mass is 32.2. The van der Waals surface area contributed by atoms with Crippen LogP contribution < -0.4 is 9.62 Å². The molecule has 0 saturated heterocycles. The third-order valence-corrected chi connectivity index (χ3v) is 4.86. The van der Waals surface area contributed by atoms with Gasteiger partial charge in [-0.15, -0.1) is 0 Å². The molecule has 0 fully saturated rings. The fourth-order valence-electron chi connectivity index (χ4n) is 2.05. The lowest BCUT2D eigenvalue weighted by Crippen LogP contribution is -2.34. The second kappa shape index (κ2) is 5.18. The molecule has 0 atom stereocenters. The number of anilines is 2. The summed E-state index contributed by atoms with van der Waals surface area (Å²) in [6, 6.07) is 7.60. The summed E-state index contributed by atoms with van der Waals surface area (Å²) in [7, 11) is -3.20. The van der Waals surface area contributed by atoms with Crippen molar-refractivity contribution < 1.29 is 8.42 Å². The van der Waals surface area contributed by atoms with Gasteiger partial charge in [0.15, 0.2) is 0 Å². The Balaban J connectivity index is 2.37. The number of hydrogen-bond donors (Lipinski definition) is 1. The van der Waals surface area contributed by atoms with E-state index in [4.69, 9.17) is 0 Å². The highest BCUT2D eigenvalue weighted by molar-refractivity contribution is 7.92. The molecule has 0 radical (unpaired) electrons. The average Bonchev–Trinajstić information content (AvgIpc) is 2.42. The first-order chi connectivity index (χ1) is 8.50. The molecule has 100 valence electrons. The van der Waals surface area contributed by atoms with Crippen molar-refractivity contribution >= 4 is 21.4 Å². The number of hydrogen-bond acceptors (Lipinski definition) is 3. The predicted octanol–water partition coefficient (Wildman–Crippen LogP) is 2.29. The second-order valence-corrected chi connectivity index (χ2v) is 7.03. The number of benzene rings is 1. The largest absolute Gasteiger partial charge is 0.382 e. The Morgan fingerprint density at radius 2 is 2.06 bits per heavy atom. The molecule has 1 aromatic carbocycles. The molecule has 0 bridgehead atoms. The van der Waals surface area contributed by atoms with E-state index in [2.05, 4.69) is 19.2 Å². The van der Waals surface area contributed by atoms with Gasteiger partial charge in [0.05, 0.1) is 17.1 Å². The molecule has 5 heteroatoms. The molecular weight excluding hydrogens is 248 g/mol. The molecule has 0 spiro atoms. The van der Waals surface area contributed by atoms with Crippen LogP contribution in [0.25, 0.3) is 0 Å². The molecule has 1 heterocycles. The Kier molecular flexibility index (Phi) is 3.80. The number of fused-ring (bicyclic) bond motifs is 1. The van der Waals surface area contributed by atoms with E-state index in [0.29, 0.717) is 19.0 Å². The molecule has 1 aromatic rings. The Labute approximate surface area is 109 Å². The van der Waals surface area contributed by atoms with Crippen molar-refractivity contribution in [2.24, 2.45) is 5.92 Å². The molecule has 0 aromatic heterocycles. The van der Waals surface area contributed by atoms with Crippen molar-refractivity contribution in [3.05, 3.63) is 24.3 Å². The second-order valence-electron chi connectivity index (χ2n) is 5.01.